The average molecular weight is 319 g/mol. The number of halogens is 1. The number of benzene rings is 2. The molecule has 2 rings (SSSR count). The Morgan fingerprint density at radius 1 is 1.18 bits per heavy atom. The number of hydrogen-bond acceptors (Lipinski definition) is 2. The monoisotopic (exact) mass is 318 g/mol. The quantitative estimate of drug-likeness (QED) is 0.860. The lowest BCUT2D eigenvalue weighted by atomic mass is 10.2. The van der Waals surface area contributed by atoms with Gasteiger partial charge >= 0.3 is 6.03 Å². The highest BCUT2D eigenvalue weighted by molar-refractivity contribution is 6.30. The van der Waals surface area contributed by atoms with Crippen LogP contribution in [0, 0.1) is 6.92 Å². The zero-order valence-corrected chi connectivity index (χ0v) is 13.4. The van der Waals surface area contributed by atoms with Gasteiger partial charge in [0, 0.05) is 17.3 Å². The van der Waals surface area contributed by atoms with Gasteiger partial charge in [-0.3, -0.25) is 0 Å². The topological polar surface area (TPSA) is 50.4 Å². The molecule has 0 heterocycles. The molecule has 0 fully saturated rings. The normalized spacial score (nSPS) is 10.1. The SMILES string of the molecule is CCOc1ccc(NC(=O)NCc2ccc(Cl)cc2)c(C)c1. The van der Waals surface area contributed by atoms with Gasteiger partial charge < -0.3 is 15.4 Å². The molecule has 0 aliphatic heterocycles. The second-order valence-electron chi connectivity index (χ2n) is 4.84. The number of carbonyl (C=O) groups excluding carboxylic acids is 1. The van der Waals surface area contributed by atoms with Crippen LogP contribution in [0.5, 0.6) is 5.75 Å². The summed E-state index contributed by atoms with van der Waals surface area (Å²) in [6.45, 7) is 4.93. The molecule has 2 amide bonds. The highest BCUT2D eigenvalue weighted by Gasteiger charge is 2.05. The number of urea groups is 1. The van der Waals surface area contributed by atoms with Crippen molar-refractivity contribution in [3.8, 4) is 5.75 Å². The maximum absolute atomic E-state index is 11.9. The number of hydrogen-bond donors (Lipinski definition) is 2. The fourth-order valence-electron chi connectivity index (χ4n) is 1.98. The zero-order chi connectivity index (χ0) is 15.9. The molecule has 116 valence electrons. The number of amides is 2. The lowest BCUT2D eigenvalue weighted by Crippen LogP contribution is -2.28. The molecule has 2 aromatic carbocycles. The molecule has 0 unspecified atom stereocenters. The van der Waals surface area contributed by atoms with Gasteiger partial charge in [0.05, 0.1) is 6.61 Å². The summed E-state index contributed by atoms with van der Waals surface area (Å²) in [7, 11) is 0. The van der Waals surface area contributed by atoms with Gasteiger partial charge in [-0.05, 0) is 55.3 Å². The van der Waals surface area contributed by atoms with Gasteiger partial charge in [-0.1, -0.05) is 23.7 Å². The largest absolute Gasteiger partial charge is 0.494 e. The van der Waals surface area contributed by atoms with Crippen LogP contribution >= 0.6 is 11.6 Å². The van der Waals surface area contributed by atoms with E-state index < -0.39 is 0 Å². The van der Waals surface area contributed by atoms with Crippen LogP contribution in [0.15, 0.2) is 42.5 Å². The molecule has 0 spiro atoms. The summed E-state index contributed by atoms with van der Waals surface area (Å²) < 4.78 is 5.42. The maximum atomic E-state index is 11.9. The van der Waals surface area contributed by atoms with E-state index >= 15 is 0 Å². The fourth-order valence-corrected chi connectivity index (χ4v) is 2.11. The Kier molecular flexibility index (Phi) is 5.67. The summed E-state index contributed by atoms with van der Waals surface area (Å²) in [6.07, 6.45) is 0. The molecule has 22 heavy (non-hydrogen) atoms. The van der Waals surface area contributed by atoms with Crippen molar-refractivity contribution in [2.45, 2.75) is 20.4 Å². The Labute approximate surface area is 135 Å². The van der Waals surface area contributed by atoms with Crippen LogP contribution < -0.4 is 15.4 Å². The van der Waals surface area contributed by atoms with Gasteiger partial charge in [0.1, 0.15) is 5.75 Å². The van der Waals surface area contributed by atoms with Crippen LogP contribution in [0.1, 0.15) is 18.1 Å². The third-order valence-corrected chi connectivity index (χ3v) is 3.38. The lowest BCUT2D eigenvalue weighted by molar-refractivity contribution is 0.251. The lowest BCUT2D eigenvalue weighted by Gasteiger charge is -2.11. The molecule has 0 radical (unpaired) electrons. The number of carbonyl (C=O) groups is 1. The van der Waals surface area contributed by atoms with Crippen LogP contribution in [0.2, 0.25) is 5.02 Å². The van der Waals surface area contributed by atoms with E-state index in [2.05, 4.69) is 10.6 Å². The van der Waals surface area contributed by atoms with Crippen molar-refractivity contribution in [1.29, 1.82) is 0 Å². The molecule has 4 nitrogen and oxygen atoms in total. The molecule has 0 atom stereocenters. The minimum absolute atomic E-state index is 0.248. The number of anilines is 1. The van der Waals surface area contributed by atoms with E-state index in [1.165, 1.54) is 0 Å². The molecule has 0 aliphatic carbocycles. The third kappa shape index (κ3) is 4.67. The van der Waals surface area contributed by atoms with E-state index in [4.69, 9.17) is 16.3 Å². The molecular formula is C17H19ClN2O2. The summed E-state index contributed by atoms with van der Waals surface area (Å²) in [5.74, 6) is 0.798. The highest BCUT2D eigenvalue weighted by atomic mass is 35.5. The van der Waals surface area contributed by atoms with Gasteiger partial charge in [-0.2, -0.15) is 0 Å². The molecule has 0 bridgehead atoms. The Balaban J connectivity index is 1.90. The van der Waals surface area contributed by atoms with Crippen LogP contribution in [-0.2, 0) is 6.54 Å². The molecule has 0 saturated heterocycles. The standard InChI is InChI=1S/C17H19ClN2O2/c1-3-22-15-8-9-16(12(2)10-15)20-17(21)19-11-13-4-6-14(18)7-5-13/h4-10H,3,11H2,1-2H3,(H2,19,20,21). The average Bonchev–Trinajstić information content (AvgIpc) is 2.50. The molecule has 2 N–H and O–H groups in total. The summed E-state index contributed by atoms with van der Waals surface area (Å²) in [4.78, 5) is 11.9. The minimum atomic E-state index is -0.248. The predicted octanol–water partition coefficient (Wildman–Crippen LogP) is 4.37. The van der Waals surface area contributed by atoms with Crippen molar-refractivity contribution in [2.24, 2.45) is 0 Å². The smallest absolute Gasteiger partial charge is 0.319 e. The van der Waals surface area contributed by atoms with Gasteiger partial charge in [0.15, 0.2) is 0 Å². The molecule has 5 heteroatoms. The van der Waals surface area contributed by atoms with Crippen molar-refractivity contribution in [1.82, 2.24) is 5.32 Å². The minimum Gasteiger partial charge on any atom is -0.494 e. The van der Waals surface area contributed by atoms with Crippen molar-refractivity contribution < 1.29 is 9.53 Å². The van der Waals surface area contributed by atoms with Crippen molar-refractivity contribution in [3.05, 3.63) is 58.6 Å². The summed E-state index contributed by atoms with van der Waals surface area (Å²) in [5, 5.41) is 6.32. The van der Waals surface area contributed by atoms with Gasteiger partial charge in [0.2, 0.25) is 0 Å². The molecule has 0 saturated carbocycles. The fraction of sp³-hybridized carbons (Fsp3) is 0.235. The predicted molar refractivity (Wildman–Crippen MR) is 89.7 cm³/mol. The first-order valence-corrected chi connectivity index (χ1v) is 7.49. The number of aryl methyl sites for hydroxylation is 1. The second-order valence-corrected chi connectivity index (χ2v) is 5.28. The van der Waals surface area contributed by atoms with E-state index in [-0.39, 0.29) is 6.03 Å². The van der Waals surface area contributed by atoms with Gasteiger partial charge in [-0.15, -0.1) is 0 Å². The molecule has 0 aliphatic rings. The van der Waals surface area contributed by atoms with E-state index in [1.807, 2.05) is 44.2 Å². The first-order valence-electron chi connectivity index (χ1n) is 7.11. The van der Waals surface area contributed by atoms with Crippen LogP contribution in [0.3, 0.4) is 0 Å². The van der Waals surface area contributed by atoms with Crippen molar-refractivity contribution in [3.63, 3.8) is 0 Å². The molecule has 2 aromatic rings. The maximum Gasteiger partial charge on any atom is 0.319 e. The van der Waals surface area contributed by atoms with E-state index in [9.17, 15) is 4.79 Å². The van der Waals surface area contributed by atoms with Crippen molar-refractivity contribution >= 4 is 23.3 Å². The first kappa shape index (κ1) is 16.2. The second kappa shape index (κ2) is 7.71. The molecule has 0 aromatic heterocycles. The van der Waals surface area contributed by atoms with E-state index in [1.54, 1.807) is 12.1 Å². The van der Waals surface area contributed by atoms with Gasteiger partial charge in [-0.25, -0.2) is 4.79 Å². The summed E-state index contributed by atoms with van der Waals surface area (Å²) in [6, 6.07) is 12.7. The number of nitrogens with one attached hydrogen (secondary N) is 2. The van der Waals surface area contributed by atoms with Gasteiger partial charge in [0.25, 0.3) is 0 Å². The Hall–Kier alpha value is -2.20. The first-order chi connectivity index (χ1) is 10.6. The summed E-state index contributed by atoms with van der Waals surface area (Å²) >= 11 is 5.82. The zero-order valence-electron chi connectivity index (χ0n) is 12.7. The highest BCUT2D eigenvalue weighted by Crippen LogP contribution is 2.21. The summed E-state index contributed by atoms with van der Waals surface area (Å²) in [5.41, 5.74) is 2.70. The number of ether oxygens (including phenoxy) is 1. The van der Waals surface area contributed by atoms with Crippen molar-refractivity contribution in [2.75, 3.05) is 11.9 Å². The van der Waals surface area contributed by atoms with Crippen LogP contribution in [0.25, 0.3) is 0 Å². The molecular weight excluding hydrogens is 300 g/mol. The van der Waals surface area contributed by atoms with Crippen LogP contribution in [0.4, 0.5) is 10.5 Å². The van der Waals surface area contributed by atoms with E-state index in [0.29, 0.717) is 18.2 Å². The third-order valence-electron chi connectivity index (χ3n) is 3.12. The number of rotatable bonds is 5. The Morgan fingerprint density at radius 2 is 1.91 bits per heavy atom. The van der Waals surface area contributed by atoms with Crippen LogP contribution in [-0.4, -0.2) is 12.6 Å². The van der Waals surface area contributed by atoms with E-state index in [0.717, 1.165) is 22.6 Å². The Bertz CT molecular complexity index is 642. The Morgan fingerprint density at radius 3 is 2.55 bits per heavy atom.